The Hall–Kier alpha value is -3.33. The van der Waals surface area contributed by atoms with Crippen molar-refractivity contribution in [2.75, 3.05) is 26.7 Å². The van der Waals surface area contributed by atoms with Gasteiger partial charge in [-0.15, -0.1) is 0 Å². The molecular weight excluding hydrogens is 372 g/mol. The second-order valence-electron chi connectivity index (χ2n) is 6.63. The number of carbonyl (C=O) groups excluding carboxylic acids is 1. The van der Waals surface area contributed by atoms with Gasteiger partial charge in [0.15, 0.2) is 0 Å². The van der Waals surface area contributed by atoms with E-state index in [9.17, 15) is 4.79 Å². The van der Waals surface area contributed by atoms with Crippen molar-refractivity contribution in [1.29, 1.82) is 0 Å². The predicted octanol–water partition coefficient (Wildman–Crippen LogP) is 1.64. The first-order chi connectivity index (χ1) is 14.3. The van der Waals surface area contributed by atoms with Crippen LogP contribution in [0.4, 0.5) is 0 Å². The lowest BCUT2D eigenvalue weighted by molar-refractivity contribution is -0.134. The van der Waals surface area contributed by atoms with E-state index < -0.39 is 0 Å². The van der Waals surface area contributed by atoms with E-state index in [-0.39, 0.29) is 18.4 Å². The van der Waals surface area contributed by atoms with Crippen molar-refractivity contribution < 1.29 is 14.1 Å². The largest absolute Gasteiger partial charge is 0.496 e. The Bertz CT molecular complexity index is 962. The second-order valence-corrected chi connectivity index (χ2v) is 6.63. The third-order valence-corrected chi connectivity index (χ3v) is 4.85. The van der Waals surface area contributed by atoms with Crippen LogP contribution in [0.15, 0.2) is 47.2 Å². The van der Waals surface area contributed by atoms with E-state index in [0.717, 1.165) is 17.9 Å². The fourth-order valence-corrected chi connectivity index (χ4v) is 3.44. The molecule has 2 aromatic heterocycles. The molecule has 1 aliphatic rings. The molecule has 1 fully saturated rings. The van der Waals surface area contributed by atoms with Crippen molar-refractivity contribution in [3.63, 3.8) is 0 Å². The zero-order valence-corrected chi connectivity index (χ0v) is 16.1. The maximum absolute atomic E-state index is 13.0. The number of piperazine rings is 1. The average Bonchev–Trinajstić information content (AvgIpc) is 3.27. The van der Waals surface area contributed by atoms with E-state index in [0.29, 0.717) is 37.0 Å². The van der Waals surface area contributed by atoms with Gasteiger partial charge in [0.05, 0.1) is 13.2 Å². The standard InChI is InChI=1S/C20H22N6O3/c1-28-16-6-3-2-5-14(16)15-13-21-11-12-26(15)18(27)8-7-17-24-20(25-29-17)19-22-9-4-10-23-19/h2-6,9-10,15,21H,7-8,11-13H2,1H3. The molecule has 1 aliphatic heterocycles. The first-order valence-corrected chi connectivity index (χ1v) is 9.49. The number of benzene rings is 1. The van der Waals surface area contributed by atoms with Gasteiger partial charge in [-0.25, -0.2) is 9.97 Å². The van der Waals surface area contributed by atoms with E-state index in [1.54, 1.807) is 25.6 Å². The summed E-state index contributed by atoms with van der Waals surface area (Å²) >= 11 is 0. The highest BCUT2D eigenvalue weighted by atomic mass is 16.5. The monoisotopic (exact) mass is 394 g/mol. The third kappa shape index (κ3) is 4.24. The molecule has 4 rings (SSSR count). The minimum absolute atomic E-state index is 0.0399. The van der Waals surface area contributed by atoms with Crippen LogP contribution in [0.25, 0.3) is 11.6 Å². The molecule has 1 amide bonds. The van der Waals surface area contributed by atoms with Crippen LogP contribution in [0.2, 0.25) is 0 Å². The summed E-state index contributed by atoms with van der Waals surface area (Å²) in [5.41, 5.74) is 0.997. The molecule has 1 unspecified atom stereocenters. The van der Waals surface area contributed by atoms with Crippen LogP contribution in [-0.2, 0) is 11.2 Å². The van der Waals surface area contributed by atoms with Crippen LogP contribution in [0.3, 0.4) is 0 Å². The molecule has 9 nitrogen and oxygen atoms in total. The molecule has 29 heavy (non-hydrogen) atoms. The van der Waals surface area contributed by atoms with Crippen LogP contribution in [0.5, 0.6) is 5.75 Å². The summed E-state index contributed by atoms with van der Waals surface area (Å²) in [4.78, 5) is 27.4. The lowest BCUT2D eigenvalue weighted by Crippen LogP contribution is -2.48. The number of methoxy groups -OCH3 is 1. The Morgan fingerprint density at radius 2 is 2.07 bits per heavy atom. The van der Waals surface area contributed by atoms with Gasteiger partial charge in [-0.2, -0.15) is 4.98 Å². The zero-order valence-electron chi connectivity index (χ0n) is 16.1. The summed E-state index contributed by atoms with van der Waals surface area (Å²) in [6.45, 7) is 2.07. The molecule has 3 aromatic rings. The number of hydrogen-bond acceptors (Lipinski definition) is 8. The number of nitrogens with one attached hydrogen (secondary N) is 1. The van der Waals surface area contributed by atoms with Crippen LogP contribution in [-0.4, -0.2) is 57.7 Å². The van der Waals surface area contributed by atoms with Gasteiger partial charge in [0.1, 0.15) is 5.75 Å². The zero-order chi connectivity index (χ0) is 20.1. The number of hydrogen-bond donors (Lipinski definition) is 1. The number of carbonyl (C=O) groups is 1. The number of nitrogens with zero attached hydrogens (tertiary/aromatic N) is 5. The van der Waals surface area contributed by atoms with E-state index in [4.69, 9.17) is 9.26 Å². The van der Waals surface area contributed by atoms with Gasteiger partial charge in [-0.3, -0.25) is 4.79 Å². The van der Waals surface area contributed by atoms with Crippen LogP contribution in [0.1, 0.15) is 23.9 Å². The number of aryl methyl sites for hydroxylation is 1. The molecule has 0 saturated carbocycles. The van der Waals surface area contributed by atoms with Crippen molar-refractivity contribution in [1.82, 2.24) is 30.3 Å². The lowest BCUT2D eigenvalue weighted by Gasteiger charge is -2.37. The number of aromatic nitrogens is 4. The second kappa shape index (κ2) is 8.78. The first-order valence-electron chi connectivity index (χ1n) is 9.49. The van der Waals surface area contributed by atoms with Crippen molar-refractivity contribution in [3.05, 3.63) is 54.2 Å². The molecule has 0 aliphatic carbocycles. The molecule has 1 atom stereocenters. The Kier molecular flexibility index (Phi) is 5.76. The summed E-state index contributed by atoms with van der Waals surface area (Å²) in [5.74, 6) is 1.93. The summed E-state index contributed by atoms with van der Waals surface area (Å²) in [7, 11) is 1.64. The highest BCUT2D eigenvalue weighted by molar-refractivity contribution is 5.77. The number of amides is 1. The molecule has 1 saturated heterocycles. The van der Waals surface area contributed by atoms with Gasteiger partial charge in [0.25, 0.3) is 0 Å². The Balaban J connectivity index is 1.44. The highest BCUT2D eigenvalue weighted by Gasteiger charge is 2.29. The molecule has 0 spiro atoms. The van der Waals surface area contributed by atoms with Crippen molar-refractivity contribution in [2.45, 2.75) is 18.9 Å². The van der Waals surface area contributed by atoms with Gasteiger partial charge in [-0.1, -0.05) is 23.4 Å². The third-order valence-electron chi connectivity index (χ3n) is 4.85. The minimum Gasteiger partial charge on any atom is -0.496 e. The molecular formula is C20H22N6O3. The molecule has 9 heteroatoms. The molecule has 1 aromatic carbocycles. The van der Waals surface area contributed by atoms with Gasteiger partial charge in [-0.05, 0) is 12.1 Å². The Morgan fingerprint density at radius 3 is 2.90 bits per heavy atom. The molecule has 1 N–H and O–H groups in total. The highest BCUT2D eigenvalue weighted by Crippen LogP contribution is 2.30. The van der Waals surface area contributed by atoms with Crippen molar-refractivity contribution in [2.24, 2.45) is 0 Å². The maximum Gasteiger partial charge on any atom is 0.240 e. The summed E-state index contributed by atoms with van der Waals surface area (Å²) < 4.78 is 10.8. The van der Waals surface area contributed by atoms with Gasteiger partial charge >= 0.3 is 0 Å². The fourth-order valence-electron chi connectivity index (χ4n) is 3.44. The van der Waals surface area contributed by atoms with E-state index >= 15 is 0 Å². The number of ether oxygens (including phenoxy) is 1. The van der Waals surface area contributed by atoms with Crippen LogP contribution < -0.4 is 10.1 Å². The number of rotatable bonds is 6. The quantitative estimate of drug-likeness (QED) is 0.673. The summed E-state index contributed by atoms with van der Waals surface area (Å²) in [5, 5.41) is 7.26. The molecule has 3 heterocycles. The van der Waals surface area contributed by atoms with Crippen molar-refractivity contribution in [3.8, 4) is 17.4 Å². The topological polar surface area (TPSA) is 106 Å². The van der Waals surface area contributed by atoms with E-state index in [2.05, 4.69) is 25.4 Å². The molecule has 0 radical (unpaired) electrons. The number of para-hydroxylation sites is 1. The smallest absolute Gasteiger partial charge is 0.240 e. The minimum atomic E-state index is -0.0802. The van der Waals surface area contributed by atoms with Gasteiger partial charge < -0.3 is 19.5 Å². The maximum atomic E-state index is 13.0. The van der Waals surface area contributed by atoms with Gasteiger partial charge in [0.2, 0.25) is 23.4 Å². The van der Waals surface area contributed by atoms with Gasteiger partial charge in [0, 0.05) is 50.4 Å². The lowest BCUT2D eigenvalue weighted by atomic mass is 10.0. The first kappa shape index (κ1) is 19.0. The van der Waals surface area contributed by atoms with E-state index in [1.807, 2.05) is 29.2 Å². The average molecular weight is 394 g/mol. The SMILES string of the molecule is COc1ccccc1C1CNCCN1C(=O)CCc1nc(-c2ncccn2)no1. The summed E-state index contributed by atoms with van der Waals surface area (Å²) in [6, 6.07) is 9.44. The van der Waals surface area contributed by atoms with Crippen molar-refractivity contribution >= 4 is 5.91 Å². The predicted molar refractivity (Wildman–Crippen MR) is 104 cm³/mol. The van der Waals surface area contributed by atoms with E-state index in [1.165, 1.54) is 0 Å². The Morgan fingerprint density at radius 1 is 1.24 bits per heavy atom. The molecule has 0 bridgehead atoms. The molecule has 150 valence electrons. The summed E-state index contributed by atoms with van der Waals surface area (Å²) in [6.07, 6.45) is 3.87. The normalized spacial score (nSPS) is 16.6. The fraction of sp³-hybridized carbons (Fsp3) is 0.350. The van der Waals surface area contributed by atoms with Crippen LogP contribution in [0, 0.1) is 0 Å². The van der Waals surface area contributed by atoms with Crippen LogP contribution >= 0.6 is 0 Å². The Labute approximate surface area is 168 Å².